The van der Waals surface area contributed by atoms with Gasteiger partial charge in [-0.3, -0.25) is 4.99 Å². The van der Waals surface area contributed by atoms with E-state index in [2.05, 4.69) is 32.7 Å². The second kappa shape index (κ2) is 9.82. The van der Waals surface area contributed by atoms with Crippen LogP contribution in [0, 0.1) is 0 Å². The zero-order valence-electron chi connectivity index (χ0n) is 14.3. The fourth-order valence-electron chi connectivity index (χ4n) is 3.35. The van der Waals surface area contributed by atoms with Gasteiger partial charge in [0, 0.05) is 37.1 Å². The molecule has 1 heterocycles. The minimum atomic E-state index is 0. The quantitative estimate of drug-likeness (QED) is 0.400. The van der Waals surface area contributed by atoms with Gasteiger partial charge in [0.15, 0.2) is 5.96 Å². The lowest BCUT2D eigenvalue weighted by molar-refractivity contribution is 0.232. The van der Waals surface area contributed by atoms with E-state index in [0.29, 0.717) is 12.0 Å². The van der Waals surface area contributed by atoms with Gasteiger partial charge >= 0.3 is 0 Å². The molecule has 1 aliphatic heterocycles. The number of rotatable bonds is 5. The summed E-state index contributed by atoms with van der Waals surface area (Å²) in [4.78, 5) is 6.88. The van der Waals surface area contributed by atoms with Crippen molar-refractivity contribution in [3.8, 4) is 0 Å². The van der Waals surface area contributed by atoms with Crippen LogP contribution in [0.5, 0.6) is 0 Å². The lowest BCUT2D eigenvalue weighted by atomic mass is 10.1. The molecule has 0 aromatic heterocycles. The first-order valence-corrected chi connectivity index (χ1v) is 9.09. The molecule has 24 heavy (non-hydrogen) atoms. The molecule has 3 rings (SSSR count). The van der Waals surface area contributed by atoms with Crippen LogP contribution in [-0.4, -0.2) is 50.1 Å². The lowest BCUT2D eigenvalue weighted by Crippen LogP contribution is -2.43. The summed E-state index contributed by atoms with van der Waals surface area (Å²) in [6.45, 7) is 4.54. The van der Waals surface area contributed by atoms with Crippen LogP contribution in [0.4, 0.5) is 0 Å². The molecule has 1 saturated carbocycles. The van der Waals surface area contributed by atoms with Gasteiger partial charge in [-0.15, -0.1) is 24.0 Å². The Morgan fingerprint density at radius 1 is 1.29 bits per heavy atom. The van der Waals surface area contributed by atoms with Gasteiger partial charge in [-0.25, -0.2) is 0 Å². The van der Waals surface area contributed by atoms with E-state index in [4.69, 9.17) is 11.6 Å². The molecule has 2 atom stereocenters. The maximum atomic E-state index is 6.08. The van der Waals surface area contributed by atoms with Crippen LogP contribution in [0.3, 0.4) is 0 Å². The summed E-state index contributed by atoms with van der Waals surface area (Å²) in [6, 6.07) is 8.65. The van der Waals surface area contributed by atoms with E-state index in [1.54, 1.807) is 0 Å². The molecule has 0 radical (unpaired) electrons. The minimum absolute atomic E-state index is 0. The first-order valence-electron chi connectivity index (χ1n) is 8.71. The standard InChI is InChI=1S/C18H27ClN4.HI/c1-20-18(21-8-11-23-9-3-2-4-10-23)22-17-13-16(17)14-6-5-7-15(19)12-14;/h5-7,12,16-17H,2-4,8-11,13H2,1H3,(H2,20,21,22);1H. The highest BCUT2D eigenvalue weighted by Crippen LogP contribution is 2.41. The molecular weight excluding hydrogens is 435 g/mol. The van der Waals surface area contributed by atoms with Crippen molar-refractivity contribution >= 4 is 41.5 Å². The smallest absolute Gasteiger partial charge is 0.191 e. The number of piperidine rings is 1. The monoisotopic (exact) mass is 462 g/mol. The van der Waals surface area contributed by atoms with Crippen molar-refractivity contribution in [2.75, 3.05) is 33.2 Å². The topological polar surface area (TPSA) is 39.7 Å². The second-order valence-electron chi connectivity index (χ2n) is 6.55. The van der Waals surface area contributed by atoms with Gasteiger partial charge in [0.1, 0.15) is 0 Å². The SMILES string of the molecule is CN=C(NCCN1CCCCC1)NC1CC1c1cccc(Cl)c1.I. The molecule has 2 fully saturated rings. The average molecular weight is 463 g/mol. The van der Waals surface area contributed by atoms with Crippen LogP contribution >= 0.6 is 35.6 Å². The first kappa shape index (κ1) is 19.8. The molecule has 6 heteroatoms. The molecule has 4 nitrogen and oxygen atoms in total. The van der Waals surface area contributed by atoms with E-state index >= 15 is 0 Å². The van der Waals surface area contributed by atoms with Gasteiger partial charge in [-0.05, 0) is 50.0 Å². The zero-order chi connectivity index (χ0) is 16.1. The van der Waals surface area contributed by atoms with Gasteiger partial charge in [0.25, 0.3) is 0 Å². The van der Waals surface area contributed by atoms with Gasteiger partial charge in [-0.1, -0.05) is 30.2 Å². The predicted molar refractivity (Wildman–Crippen MR) is 113 cm³/mol. The number of hydrogen-bond donors (Lipinski definition) is 2. The molecule has 0 amide bonds. The van der Waals surface area contributed by atoms with E-state index in [-0.39, 0.29) is 24.0 Å². The van der Waals surface area contributed by atoms with Crippen LogP contribution in [0.1, 0.15) is 37.2 Å². The predicted octanol–water partition coefficient (Wildman–Crippen LogP) is 3.46. The minimum Gasteiger partial charge on any atom is -0.355 e. The average Bonchev–Trinajstić information content (AvgIpc) is 3.34. The Hall–Kier alpha value is -0.530. The number of nitrogens with one attached hydrogen (secondary N) is 2. The molecule has 134 valence electrons. The van der Waals surface area contributed by atoms with E-state index in [9.17, 15) is 0 Å². The van der Waals surface area contributed by atoms with Gasteiger partial charge in [0.05, 0.1) is 0 Å². The highest BCUT2D eigenvalue weighted by molar-refractivity contribution is 14.0. The van der Waals surface area contributed by atoms with Crippen LogP contribution in [0.15, 0.2) is 29.3 Å². The fraction of sp³-hybridized carbons (Fsp3) is 0.611. The highest BCUT2D eigenvalue weighted by Gasteiger charge is 2.39. The van der Waals surface area contributed by atoms with E-state index in [1.807, 2.05) is 19.2 Å². The van der Waals surface area contributed by atoms with Crippen LogP contribution in [0.2, 0.25) is 5.02 Å². The molecule has 2 aliphatic rings. The largest absolute Gasteiger partial charge is 0.355 e. The molecular formula is C18H28ClIN4. The summed E-state index contributed by atoms with van der Waals surface area (Å²) in [7, 11) is 1.84. The van der Waals surface area contributed by atoms with Crippen molar-refractivity contribution in [3.63, 3.8) is 0 Å². The molecule has 1 aromatic rings. The van der Waals surface area contributed by atoms with Gasteiger partial charge < -0.3 is 15.5 Å². The Kier molecular flexibility index (Phi) is 8.10. The number of hydrogen-bond acceptors (Lipinski definition) is 2. The molecule has 0 bridgehead atoms. The highest BCUT2D eigenvalue weighted by atomic mass is 127. The number of aliphatic imine (C=N–C) groups is 1. The molecule has 1 saturated heterocycles. The first-order chi connectivity index (χ1) is 11.3. The number of nitrogens with zero attached hydrogens (tertiary/aromatic N) is 2. The number of guanidine groups is 1. The third-order valence-corrected chi connectivity index (χ3v) is 5.02. The Labute approximate surface area is 167 Å². The number of halogens is 2. The Bertz CT molecular complexity index is 546. The van der Waals surface area contributed by atoms with E-state index < -0.39 is 0 Å². The third-order valence-electron chi connectivity index (χ3n) is 4.78. The molecule has 1 aliphatic carbocycles. The van der Waals surface area contributed by atoms with Crippen LogP contribution < -0.4 is 10.6 Å². The normalized spacial score (nSPS) is 24.2. The summed E-state index contributed by atoms with van der Waals surface area (Å²) in [5.74, 6) is 1.46. The molecule has 1 aromatic carbocycles. The number of likely N-dealkylation sites (tertiary alicyclic amines) is 1. The van der Waals surface area contributed by atoms with Crippen molar-refractivity contribution in [2.45, 2.75) is 37.6 Å². The summed E-state index contributed by atoms with van der Waals surface area (Å²) in [6.07, 6.45) is 5.22. The van der Waals surface area contributed by atoms with Crippen molar-refractivity contribution in [1.29, 1.82) is 0 Å². The Morgan fingerprint density at radius 2 is 2.08 bits per heavy atom. The van der Waals surface area contributed by atoms with E-state index in [1.165, 1.54) is 37.9 Å². The third kappa shape index (κ3) is 5.77. The Balaban J connectivity index is 0.00000208. The van der Waals surface area contributed by atoms with Crippen LogP contribution in [0.25, 0.3) is 0 Å². The van der Waals surface area contributed by atoms with Crippen molar-refractivity contribution < 1.29 is 0 Å². The summed E-state index contributed by atoms with van der Waals surface area (Å²) in [5.41, 5.74) is 1.32. The van der Waals surface area contributed by atoms with Crippen molar-refractivity contribution in [2.24, 2.45) is 4.99 Å². The lowest BCUT2D eigenvalue weighted by Gasteiger charge is -2.26. The molecule has 2 N–H and O–H groups in total. The van der Waals surface area contributed by atoms with Gasteiger partial charge in [-0.2, -0.15) is 0 Å². The van der Waals surface area contributed by atoms with Gasteiger partial charge in [0.2, 0.25) is 0 Å². The number of benzene rings is 1. The van der Waals surface area contributed by atoms with Crippen molar-refractivity contribution in [1.82, 2.24) is 15.5 Å². The second-order valence-corrected chi connectivity index (χ2v) is 6.99. The summed E-state index contributed by atoms with van der Waals surface area (Å²) < 4.78 is 0. The maximum absolute atomic E-state index is 6.08. The fourth-order valence-corrected chi connectivity index (χ4v) is 3.54. The molecule has 0 spiro atoms. The van der Waals surface area contributed by atoms with E-state index in [0.717, 1.165) is 30.5 Å². The van der Waals surface area contributed by atoms with Crippen molar-refractivity contribution in [3.05, 3.63) is 34.9 Å². The maximum Gasteiger partial charge on any atom is 0.191 e. The Morgan fingerprint density at radius 3 is 2.79 bits per heavy atom. The molecule has 2 unspecified atom stereocenters. The summed E-state index contributed by atoms with van der Waals surface area (Å²) >= 11 is 6.08. The summed E-state index contributed by atoms with van der Waals surface area (Å²) in [5, 5.41) is 7.78. The zero-order valence-corrected chi connectivity index (χ0v) is 17.4. The van der Waals surface area contributed by atoms with Crippen LogP contribution in [-0.2, 0) is 0 Å².